The number of rotatable bonds is 7. The maximum Gasteiger partial charge on any atom is 0.223 e. The van der Waals surface area contributed by atoms with Crippen LogP contribution in [0.2, 0.25) is 0 Å². The Kier molecular flexibility index (Phi) is 6.33. The molecule has 3 aromatic rings. The smallest absolute Gasteiger partial charge is 0.223 e. The van der Waals surface area contributed by atoms with Crippen molar-refractivity contribution in [2.45, 2.75) is 32.7 Å². The van der Waals surface area contributed by atoms with Crippen LogP contribution in [0.3, 0.4) is 0 Å². The van der Waals surface area contributed by atoms with Gasteiger partial charge < -0.3 is 15.0 Å². The second kappa shape index (κ2) is 9.30. The van der Waals surface area contributed by atoms with Gasteiger partial charge in [-0.05, 0) is 74.7 Å². The van der Waals surface area contributed by atoms with Crippen LogP contribution in [0.5, 0.6) is 5.75 Å². The number of nitrogens with zero attached hydrogens (tertiary/aromatic N) is 2. The maximum absolute atomic E-state index is 12.5. The minimum Gasteiger partial charge on any atom is -0.497 e. The van der Waals surface area contributed by atoms with Crippen LogP contribution in [0.15, 0.2) is 42.5 Å². The average molecular weight is 407 g/mol. The summed E-state index contributed by atoms with van der Waals surface area (Å²) < 4.78 is 5.18. The number of H-pyrrole nitrogens is 1. The van der Waals surface area contributed by atoms with Crippen molar-refractivity contribution in [3.05, 3.63) is 59.4 Å². The maximum atomic E-state index is 12.5. The lowest BCUT2D eigenvalue weighted by molar-refractivity contribution is -0.126. The van der Waals surface area contributed by atoms with E-state index in [2.05, 4.69) is 40.3 Å². The third-order valence-corrected chi connectivity index (χ3v) is 5.89. The number of imidazole rings is 1. The molecule has 1 saturated heterocycles. The molecule has 6 heteroatoms. The summed E-state index contributed by atoms with van der Waals surface area (Å²) in [4.78, 5) is 23.0. The summed E-state index contributed by atoms with van der Waals surface area (Å²) >= 11 is 0. The van der Waals surface area contributed by atoms with Crippen LogP contribution in [0.1, 0.15) is 29.8 Å². The molecule has 2 heterocycles. The van der Waals surface area contributed by atoms with Gasteiger partial charge in [0.2, 0.25) is 5.91 Å². The van der Waals surface area contributed by atoms with E-state index < -0.39 is 0 Å². The summed E-state index contributed by atoms with van der Waals surface area (Å²) in [5.41, 5.74) is 4.54. The zero-order chi connectivity index (χ0) is 20.9. The number of hydrogen-bond donors (Lipinski definition) is 2. The van der Waals surface area contributed by atoms with E-state index in [1.54, 1.807) is 7.11 Å². The van der Waals surface area contributed by atoms with Crippen molar-refractivity contribution in [1.29, 1.82) is 0 Å². The number of methoxy groups -OCH3 is 1. The van der Waals surface area contributed by atoms with E-state index in [4.69, 9.17) is 9.72 Å². The lowest BCUT2D eigenvalue weighted by Gasteiger charge is -2.30. The van der Waals surface area contributed by atoms with E-state index in [-0.39, 0.29) is 11.8 Å². The molecule has 6 nitrogen and oxygen atoms in total. The normalized spacial score (nSPS) is 15.4. The number of piperidine rings is 1. The predicted octanol–water partition coefficient (Wildman–Crippen LogP) is 3.45. The highest BCUT2D eigenvalue weighted by atomic mass is 16.5. The second-order valence-electron chi connectivity index (χ2n) is 8.14. The van der Waals surface area contributed by atoms with Gasteiger partial charge in [-0.3, -0.25) is 9.69 Å². The van der Waals surface area contributed by atoms with Gasteiger partial charge in [0.05, 0.1) is 24.7 Å². The van der Waals surface area contributed by atoms with E-state index >= 15 is 0 Å². The highest BCUT2D eigenvalue weighted by Gasteiger charge is 2.25. The highest BCUT2D eigenvalue weighted by molar-refractivity contribution is 5.78. The van der Waals surface area contributed by atoms with Crippen molar-refractivity contribution in [3.8, 4) is 5.75 Å². The molecule has 0 saturated carbocycles. The molecule has 1 aromatic heterocycles. The molecule has 0 unspecified atom stereocenters. The summed E-state index contributed by atoms with van der Waals surface area (Å²) in [7, 11) is 1.66. The first-order valence-electron chi connectivity index (χ1n) is 10.7. The molecule has 30 heavy (non-hydrogen) atoms. The van der Waals surface area contributed by atoms with Crippen LogP contribution in [-0.2, 0) is 17.8 Å². The molecule has 0 bridgehead atoms. The number of hydrogen-bond acceptors (Lipinski definition) is 4. The van der Waals surface area contributed by atoms with Gasteiger partial charge in [0.15, 0.2) is 0 Å². The van der Waals surface area contributed by atoms with Crippen molar-refractivity contribution in [2.24, 2.45) is 5.92 Å². The average Bonchev–Trinajstić information content (AvgIpc) is 3.16. The van der Waals surface area contributed by atoms with Gasteiger partial charge in [0.25, 0.3) is 0 Å². The molecule has 0 aliphatic carbocycles. The zero-order valence-corrected chi connectivity index (χ0v) is 17.8. The van der Waals surface area contributed by atoms with Crippen molar-refractivity contribution >= 4 is 16.9 Å². The Morgan fingerprint density at radius 1 is 1.20 bits per heavy atom. The van der Waals surface area contributed by atoms with E-state index in [1.165, 1.54) is 11.1 Å². The van der Waals surface area contributed by atoms with E-state index in [1.807, 2.05) is 24.3 Å². The van der Waals surface area contributed by atoms with Crippen molar-refractivity contribution in [2.75, 3.05) is 26.7 Å². The molecule has 4 rings (SSSR count). The number of nitrogens with one attached hydrogen (secondary N) is 2. The largest absolute Gasteiger partial charge is 0.497 e. The number of aryl methyl sites for hydroxylation is 1. The van der Waals surface area contributed by atoms with Crippen LogP contribution >= 0.6 is 0 Å². The van der Waals surface area contributed by atoms with Gasteiger partial charge in [-0.25, -0.2) is 4.98 Å². The lowest BCUT2D eigenvalue weighted by Crippen LogP contribution is -2.40. The number of carbonyl (C=O) groups is 1. The number of aromatic nitrogens is 2. The third-order valence-electron chi connectivity index (χ3n) is 5.89. The van der Waals surface area contributed by atoms with Gasteiger partial charge in [0, 0.05) is 12.5 Å². The first-order chi connectivity index (χ1) is 14.6. The SMILES string of the molecule is COc1ccc(CCNC(=O)C2CCN(Cc3nc4ccc(C)cc4[nH]3)CC2)cc1. The number of amides is 1. The number of benzene rings is 2. The molecule has 0 atom stereocenters. The monoisotopic (exact) mass is 406 g/mol. The molecule has 158 valence electrons. The second-order valence-corrected chi connectivity index (χ2v) is 8.14. The fourth-order valence-corrected chi connectivity index (χ4v) is 4.08. The van der Waals surface area contributed by atoms with Crippen LogP contribution in [0.25, 0.3) is 11.0 Å². The van der Waals surface area contributed by atoms with E-state index in [0.29, 0.717) is 6.54 Å². The molecular weight excluding hydrogens is 376 g/mol. The first-order valence-corrected chi connectivity index (χ1v) is 10.7. The number of fused-ring (bicyclic) bond motifs is 1. The molecule has 2 aromatic carbocycles. The van der Waals surface area contributed by atoms with Crippen LogP contribution in [0, 0.1) is 12.8 Å². The standard InChI is InChI=1S/C24H30N4O2/c1-17-3-8-21-22(15-17)27-23(26-21)16-28-13-10-19(11-14-28)24(29)25-12-9-18-4-6-20(30-2)7-5-18/h3-8,15,19H,9-14,16H2,1-2H3,(H,25,29)(H,26,27). The Labute approximate surface area is 177 Å². The quantitative estimate of drug-likeness (QED) is 0.631. The Balaban J connectivity index is 1.20. The fraction of sp³-hybridized carbons (Fsp3) is 0.417. The predicted molar refractivity (Wildman–Crippen MR) is 119 cm³/mol. The highest BCUT2D eigenvalue weighted by Crippen LogP contribution is 2.20. The minimum atomic E-state index is 0.107. The summed E-state index contributed by atoms with van der Waals surface area (Å²) in [5, 5.41) is 3.11. The molecule has 1 fully saturated rings. The Morgan fingerprint density at radius 2 is 1.97 bits per heavy atom. The molecule has 0 radical (unpaired) electrons. The van der Waals surface area contributed by atoms with Crippen molar-refractivity contribution < 1.29 is 9.53 Å². The van der Waals surface area contributed by atoms with Gasteiger partial charge in [-0.15, -0.1) is 0 Å². The molecular formula is C24H30N4O2. The lowest BCUT2D eigenvalue weighted by atomic mass is 9.96. The van der Waals surface area contributed by atoms with Gasteiger partial charge >= 0.3 is 0 Å². The number of carbonyl (C=O) groups excluding carboxylic acids is 1. The summed E-state index contributed by atoms with van der Waals surface area (Å²) in [6, 6.07) is 14.3. The Morgan fingerprint density at radius 3 is 2.70 bits per heavy atom. The summed E-state index contributed by atoms with van der Waals surface area (Å²) in [6.45, 7) is 5.41. The minimum absolute atomic E-state index is 0.107. The Bertz CT molecular complexity index is 988. The summed E-state index contributed by atoms with van der Waals surface area (Å²) in [5.74, 6) is 2.14. The molecule has 0 spiro atoms. The van der Waals surface area contributed by atoms with E-state index in [9.17, 15) is 4.79 Å². The van der Waals surface area contributed by atoms with E-state index in [0.717, 1.165) is 61.5 Å². The van der Waals surface area contributed by atoms with Crippen molar-refractivity contribution in [1.82, 2.24) is 20.2 Å². The number of ether oxygens (including phenoxy) is 1. The van der Waals surface area contributed by atoms with Crippen LogP contribution in [-0.4, -0.2) is 47.5 Å². The van der Waals surface area contributed by atoms with Gasteiger partial charge in [0.1, 0.15) is 11.6 Å². The van der Waals surface area contributed by atoms with Crippen molar-refractivity contribution in [3.63, 3.8) is 0 Å². The molecule has 2 N–H and O–H groups in total. The third kappa shape index (κ3) is 5.00. The fourth-order valence-electron chi connectivity index (χ4n) is 4.08. The molecule has 1 amide bonds. The first kappa shape index (κ1) is 20.4. The zero-order valence-electron chi connectivity index (χ0n) is 17.8. The Hall–Kier alpha value is -2.86. The van der Waals surface area contributed by atoms with Crippen LogP contribution in [0.4, 0.5) is 0 Å². The van der Waals surface area contributed by atoms with Gasteiger partial charge in [-0.1, -0.05) is 18.2 Å². The molecule has 1 aliphatic rings. The topological polar surface area (TPSA) is 70.2 Å². The summed E-state index contributed by atoms with van der Waals surface area (Å²) in [6.07, 6.45) is 2.63. The van der Waals surface area contributed by atoms with Gasteiger partial charge in [-0.2, -0.15) is 0 Å². The number of likely N-dealkylation sites (tertiary alicyclic amines) is 1. The number of aromatic amines is 1. The molecule has 1 aliphatic heterocycles. The van der Waals surface area contributed by atoms with Crippen LogP contribution < -0.4 is 10.1 Å².